The molecule has 1 amide bonds. The van der Waals surface area contributed by atoms with Gasteiger partial charge in [0.25, 0.3) is 10.0 Å². The average Bonchev–Trinajstić information content (AvgIpc) is 2.96. The lowest BCUT2D eigenvalue weighted by Gasteiger charge is -2.33. The monoisotopic (exact) mass is 395 g/mol. The SMILES string of the molecule is Cc1ccc(CC(=O)N2CCN(S(=O)(=O)c3sc(=O)[nH]c3C)CC2)cc1. The molecule has 140 valence electrons. The average molecular weight is 396 g/mol. The zero-order valence-corrected chi connectivity index (χ0v) is 16.3. The van der Waals surface area contributed by atoms with Gasteiger partial charge in [-0.1, -0.05) is 41.2 Å². The van der Waals surface area contributed by atoms with Gasteiger partial charge >= 0.3 is 4.87 Å². The molecule has 0 unspecified atom stereocenters. The van der Waals surface area contributed by atoms with Gasteiger partial charge in [-0.3, -0.25) is 9.59 Å². The Morgan fingerprint density at radius 3 is 2.27 bits per heavy atom. The molecular weight excluding hydrogens is 374 g/mol. The first-order valence-electron chi connectivity index (χ1n) is 8.30. The number of piperazine rings is 1. The zero-order chi connectivity index (χ0) is 18.9. The largest absolute Gasteiger partial charge is 0.340 e. The predicted octanol–water partition coefficient (Wildman–Crippen LogP) is 1.13. The van der Waals surface area contributed by atoms with E-state index in [4.69, 9.17) is 0 Å². The smallest absolute Gasteiger partial charge is 0.305 e. The molecule has 1 fully saturated rings. The number of carbonyl (C=O) groups excluding carboxylic acids is 1. The van der Waals surface area contributed by atoms with Crippen molar-refractivity contribution in [2.24, 2.45) is 0 Å². The Kier molecular flexibility index (Phi) is 5.31. The number of aromatic amines is 1. The number of carbonyl (C=O) groups is 1. The first kappa shape index (κ1) is 18.8. The van der Waals surface area contributed by atoms with E-state index in [1.807, 2.05) is 31.2 Å². The van der Waals surface area contributed by atoms with Crippen LogP contribution in [0.25, 0.3) is 0 Å². The molecule has 2 aromatic rings. The highest BCUT2D eigenvalue weighted by Gasteiger charge is 2.32. The van der Waals surface area contributed by atoms with Crippen LogP contribution in [0.3, 0.4) is 0 Å². The number of nitrogens with one attached hydrogen (secondary N) is 1. The van der Waals surface area contributed by atoms with Crippen LogP contribution in [-0.2, 0) is 21.2 Å². The second kappa shape index (κ2) is 7.34. The number of hydrogen-bond donors (Lipinski definition) is 1. The van der Waals surface area contributed by atoms with Gasteiger partial charge in [-0.05, 0) is 19.4 Å². The Morgan fingerprint density at radius 2 is 1.73 bits per heavy atom. The molecule has 1 saturated heterocycles. The van der Waals surface area contributed by atoms with E-state index in [0.29, 0.717) is 36.5 Å². The Hall–Kier alpha value is -1.97. The van der Waals surface area contributed by atoms with E-state index >= 15 is 0 Å². The number of aryl methyl sites for hydroxylation is 2. The molecule has 3 rings (SSSR count). The van der Waals surface area contributed by atoms with Crippen molar-refractivity contribution >= 4 is 27.3 Å². The molecule has 0 saturated carbocycles. The van der Waals surface area contributed by atoms with Gasteiger partial charge in [0, 0.05) is 31.9 Å². The van der Waals surface area contributed by atoms with Crippen molar-refractivity contribution in [2.45, 2.75) is 24.5 Å². The van der Waals surface area contributed by atoms with Gasteiger partial charge in [-0.15, -0.1) is 0 Å². The summed E-state index contributed by atoms with van der Waals surface area (Å²) in [5.74, 6) is -0.00613. The van der Waals surface area contributed by atoms with Gasteiger partial charge in [0.05, 0.1) is 6.42 Å². The number of sulfonamides is 1. The topological polar surface area (TPSA) is 90.6 Å². The van der Waals surface area contributed by atoms with Crippen molar-refractivity contribution < 1.29 is 13.2 Å². The number of H-pyrrole nitrogens is 1. The van der Waals surface area contributed by atoms with Crippen molar-refractivity contribution in [1.29, 1.82) is 0 Å². The van der Waals surface area contributed by atoms with Crippen molar-refractivity contribution in [3.8, 4) is 0 Å². The van der Waals surface area contributed by atoms with Crippen molar-refractivity contribution in [3.05, 3.63) is 50.8 Å². The molecule has 1 aromatic heterocycles. The highest BCUT2D eigenvalue weighted by atomic mass is 32.2. The standard InChI is InChI=1S/C17H21N3O4S2/c1-12-3-5-14(6-4-12)11-15(21)19-7-9-20(10-8-19)26(23,24)16-13(2)18-17(22)25-16/h3-6H,7-11H2,1-2H3,(H,18,22). The number of amides is 1. The minimum absolute atomic E-state index is 0.00613. The quantitative estimate of drug-likeness (QED) is 0.840. The fraction of sp³-hybridized carbons (Fsp3) is 0.412. The second-order valence-corrected chi connectivity index (χ2v) is 9.49. The zero-order valence-electron chi connectivity index (χ0n) is 14.7. The molecule has 0 aliphatic carbocycles. The van der Waals surface area contributed by atoms with Gasteiger partial charge in [0.15, 0.2) is 4.21 Å². The minimum Gasteiger partial charge on any atom is -0.340 e. The van der Waals surface area contributed by atoms with Crippen molar-refractivity contribution in [1.82, 2.24) is 14.2 Å². The summed E-state index contributed by atoms with van der Waals surface area (Å²) in [4.78, 5) is 27.7. The fourth-order valence-electron chi connectivity index (χ4n) is 2.92. The molecular formula is C17H21N3O4S2. The first-order valence-corrected chi connectivity index (χ1v) is 10.6. The van der Waals surface area contributed by atoms with E-state index in [9.17, 15) is 18.0 Å². The van der Waals surface area contributed by atoms with Crippen LogP contribution in [-0.4, -0.2) is 54.7 Å². The van der Waals surface area contributed by atoms with E-state index < -0.39 is 10.0 Å². The van der Waals surface area contributed by atoms with Crippen LogP contribution in [0.4, 0.5) is 0 Å². The lowest BCUT2D eigenvalue weighted by molar-refractivity contribution is -0.131. The van der Waals surface area contributed by atoms with Gasteiger partial charge in [-0.25, -0.2) is 8.42 Å². The van der Waals surface area contributed by atoms with Crippen LogP contribution in [0.1, 0.15) is 16.8 Å². The Balaban J connectivity index is 1.63. The van der Waals surface area contributed by atoms with Gasteiger partial charge in [0.2, 0.25) is 5.91 Å². The molecule has 1 aliphatic heterocycles. The van der Waals surface area contributed by atoms with Crippen LogP contribution in [0.15, 0.2) is 33.3 Å². The predicted molar refractivity (Wildman–Crippen MR) is 99.9 cm³/mol. The Bertz CT molecular complexity index is 953. The summed E-state index contributed by atoms with van der Waals surface area (Å²) < 4.78 is 26.8. The van der Waals surface area contributed by atoms with Crippen LogP contribution in [0.2, 0.25) is 0 Å². The van der Waals surface area contributed by atoms with Crippen LogP contribution < -0.4 is 4.87 Å². The van der Waals surface area contributed by atoms with Crippen molar-refractivity contribution in [2.75, 3.05) is 26.2 Å². The summed E-state index contributed by atoms with van der Waals surface area (Å²) in [7, 11) is -3.70. The Labute approximate surface area is 156 Å². The molecule has 0 atom stereocenters. The van der Waals surface area contributed by atoms with Crippen LogP contribution in [0.5, 0.6) is 0 Å². The van der Waals surface area contributed by atoms with Crippen LogP contribution in [0, 0.1) is 13.8 Å². The van der Waals surface area contributed by atoms with E-state index in [-0.39, 0.29) is 28.1 Å². The highest BCUT2D eigenvalue weighted by molar-refractivity contribution is 7.91. The van der Waals surface area contributed by atoms with Crippen molar-refractivity contribution in [3.63, 3.8) is 0 Å². The summed E-state index contributed by atoms with van der Waals surface area (Å²) in [6, 6.07) is 7.81. The van der Waals surface area contributed by atoms with Crippen LogP contribution >= 0.6 is 11.3 Å². The number of thiazole rings is 1. The lowest BCUT2D eigenvalue weighted by Crippen LogP contribution is -2.50. The molecule has 7 nitrogen and oxygen atoms in total. The van der Waals surface area contributed by atoms with Gasteiger partial charge in [-0.2, -0.15) is 4.31 Å². The molecule has 1 aliphatic rings. The molecule has 0 spiro atoms. The number of hydrogen-bond acceptors (Lipinski definition) is 5. The summed E-state index contributed by atoms with van der Waals surface area (Å²) >= 11 is 0.704. The van der Waals surface area contributed by atoms with E-state index in [1.54, 1.807) is 11.8 Å². The maximum absolute atomic E-state index is 12.7. The highest BCUT2D eigenvalue weighted by Crippen LogP contribution is 2.22. The number of benzene rings is 1. The van der Waals surface area contributed by atoms with Gasteiger partial charge in [0.1, 0.15) is 0 Å². The fourth-order valence-corrected chi connectivity index (χ4v) is 5.78. The maximum Gasteiger partial charge on any atom is 0.305 e. The molecule has 0 radical (unpaired) electrons. The summed E-state index contributed by atoms with van der Waals surface area (Å²) in [5.41, 5.74) is 2.45. The summed E-state index contributed by atoms with van der Waals surface area (Å²) in [6.45, 7) is 4.73. The molecule has 9 heteroatoms. The number of rotatable bonds is 4. The summed E-state index contributed by atoms with van der Waals surface area (Å²) in [6.07, 6.45) is 0.311. The van der Waals surface area contributed by atoms with E-state index in [0.717, 1.165) is 11.1 Å². The number of nitrogens with zero attached hydrogens (tertiary/aromatic N) is 2. The third-order valence-electron chi connectivity index (χ3n) is 4.42. The molecule has 2 heterocycles. The maximum atomic E-state index is 12.7. The summed E-state index contributed by atoms with van der Waals surface area (Å²) in [5, 5.41) is 0. The third kappa shape index (κ3) is 3.89. The molecule has 1 N–H and O–H groups in total. The van der Waals surface area contributed by atoms with Gasteiger partial charge < -0.3 is 9.88 Å². The third-order valence-corrected chi connectivity index (χ3v) is 7.90. The first-order chi connectivity index (χ1) is 12.3. The molecule has 26 heavy (non-hydrogen) atoms. The Morgan fingerprint density at radius 1 is 1.12 bits per heavy atom. The normalized spacial score (nSPS) is 16.0. The number of aromatic nitrogens is 1. The van der Waals surface area contributed by atoms with E-state index in [2.05, 4.69) is 4.98 Å². The second-order valence-electron chi connectivity index (χ2n) is 6.37. The van der Waals surface area contributed by atoms with E-state index in [1.165, 1.54) is 4.31 Å². The molecule has 0 bridgehead atoms. The lowest BCUT2D eigenvalue weighted by atomic mass is 10.1. The minimum atomic E-state index is -3.70. The molecule has 1 aromatic carbocycles.